The van der Waals surface area contributed by atoms with E-state index in [0.29, 0.717) is 18.2 Å². The second-order valence-corrected chi connectivity index (χ2v) is 3.94. The molecular formula is C12H8F4N2O2. The normalized spacial score (nSPS) is 11.4. The number of halogens is 4. The van der Waals surface area contributed by atoms with E-state index in [1.807, 2.05) is 0 Å². The molecule has 2 aromatic rings. The highest BCUT2D eigenvalue weighted by Gasteiger charge is 2.31. The number of nitrogens with one attached hydrogen (secondary N) is 1. The Morgan fingerprint density at radius 3 is 2.60 bits per heavy atom. The summed E-state index contributed by atoms with van der Waals surface area (Å²) in [5, 5.41) is 5.41. The SMILES string of the molecule is Cc1oncc1C(=O)Nc1cc(C(F)(F)F)ccc1F. The monoisotopic (exact) mass is 288 g/mol. The van der Waals surface area contributed by atoms with Crippen LogP contribution in [0.25, 0.3) is 0 Å². The zero-order valence-corrected chi connectivity index (χ0v) is 10.1. The molecule has 20 heavy (non-hydrogen) atoms. The van der Waals surface area contributed by atoms with Crippen molar-refractivity contribution in [3.8, 4) is 0 Å². The third-order valence-corrected chi connectivity index (χ3v) is 2.54. The number of carbonyl (C=O) groups excluding carboxylic acids is 1. The molecule has 0 spiro atoms. The summed E-state index contributed by atoms with van der Waals surface area (Å²) in [7, 11) is 0. The van der Waals surface area contributed by atoms with E-state index >= 15 is 0 Å². The first-order valence-electron chi connectivity index (χ1n) is 5.38. The van der Waals surface area contributed by atoms with Gasteiger partial charge in [0.15, 0.2) is 0 Å². The molecule has 1 amide bonds. The first kappa shape index (κ1) is 14.0. The Hall–Kier alpha value is -2.38. The average Bonchev–Trinajstić information content (AvgIpc) is 2.77. The minimum atomic E-state index is -4.62. The molecule has 0 saturated heterocycles. The predicted molar refractivity (Wildman–Crippen MR) is 60.6 cm³/mol. The lowest BCUT2D eigenvalue weighted by atomic mass is 10.1. The second kappa shape index (κ2) is 4.95. The summed E-state index contributed by atoms with van der Waals surface area (Å²) in [5.41, 5.74) is -1.61. The minimum Gasteiger partial charge on any atom is -0.361 e. The van der Waals surface area contributed by atoms with Crippen molar-refractivity contribution in [1.82, 2.24) is 5.16 Å². The molecule has 0 atom stereocenters. The predicted octanol–water partition coefficient (Wildman–Crippen LogP) is 3.39. The van der Waals surface area contributed by atoms with Crippen molar-refractivity contribution in [2.24, 2.45) is 0 Å². The maximum Gasteiger partial charge on any atom is 0.416 e. The van der Waals surface area contributed by atoms with Crippen LogP contribution in [-0.2, 0) is 6.18 Å². The van der Waals surface area contributed by atoms with Crippen molar-refractivity contribution in [2.75, 3.05) is 5.32 Å². The van der Waals surface area contributed by atoms with Crippen LogP contribution in [0.15, 0.2) is 28.9 Å². The molecule has 1 heterocycles. The number of aromatic nitrogens is 1. The van der Waals surface area contributed by atoms with Crippen LogP contribution >= 0.6 is 0 Å². The largest absolute Gasteiger partial charge is 0.416 e. The summed E-state index contributed by atoms with van der Waals surface area (Å²) in [6.07, 6.45) is -3.53. The molecule has 1 aromatic heterocycles. The van der Waals surface area contributed by atoms with E-state index in [1.165, 1.54) is 6.92 Å². The van der Waals surface area contributed by atoms with Crippen LogP contribution in [0.5, 0.6) is 0 Å². The van der Waals surface area contributed by atoms with Gasteiger partial charge in [-0.15, -0.1) is 0 Å². The summed E-state index contributed by atoms with van der Waals surface area (Å²) < 4.78 is 55.6. The summed E-state index contributed by atoms with van der Waals surface area (Å²) in [6.45, 7) is 1.45. The van der Waals surface area contributed by atoms with Gasteiger partial charge in [0.05, 0.1) is 17.4 Å². The molecule has 0 unspecified atom stereocenters. The zero-order valence-electron chi connectivity index (χ0n) is 10.1. The highest BCUT2D eigenvalue weighted by atomic mass is 19.4. The van der Waals surface area contributed by atoms with Gasteiger partial charge in [-0.05, 0) is 25.1 Å². The van der Waals surface area contributed by atoms with E-state index in [-0.39, 0.29) is 11.3 Å². The Bertz CT molecular complexity index is 649. The van der Waals surface area contributed by atoms with Crippen molar-refractivity contribution < 1.29 is 26.9 Å². The van der Waals surface area contributed by atoms with Gasteiger partial charge in [0.1, 0.15) is 17.1 Å². The van der Waals surface area contributed by atoms with Gasteiger partial charge in [-0.2, -0.15) is 13.2 Å². The number of rotatable bonds is 2. The minimum absolute atomic E-state index is 0.0156. The Morgan fingerprint density at radius 2 is 2.05 bits per heavy atom. The molecule has 0 radical (unpaired) electrons. The fourth-order valence-corrected chi connectivity index (χ4v) is 1.50. The van der Waals surface area contributed by atoms with Crippen LogP contribution < -0.4 is 5.32 Å². The summed E-state index contributed by atoms with van der Waals surface area (Å²) in [4.78, 5) is 11.8. The van der Waals surface area contributed by atoms with Crippen molar-refractivity contribution >= 4 is 11.6 Å². The van der Waals surface area contributed by atoms with Gasteiger partial charge in [-0.3, -0.25) is 4.79 Å². The molecule has 0 aliphatic rings. The number of aryl methyl sites for hydroxylation is 1. The maximum absolute atomic E-state index is 13.4. The van der Waals surface area contributed by atoms with E-state index in [1.54, 1.807) is 0 Å². The molecule has 0 aliphatic carbocycles. The van der Waals surface area contributed by atoms with Crippen LogP contribution in [0.4, 0.5) is 23.2 Å². The smallest absolute Gasteiger partial charge is 0.361 e. The van der Waals surface area contributed by atoms with Crippen molar-refractivity contribution in [1.29, 1.82) is 0 Å². The van der Waals surface area contributed by atoms with Gasteiger partial charge >= 0.3 is 6.18 Å². The molecule has 1 N–H and O–H groups in total. The Kier molecular flexibility index (Phi) is 3.47. The summed E-state index contributed by atoms with van der Waals surface area (Å²) in [5.74, 6) is -1.60. The summed E-state index contributed by atoms with van der Waals surface area (Å²) >= 11 is 0. The third kappa shape index (κ3) is 2.79. The molecule has 0 aliphatic heterocycles. The average molecular weight is 288 g/mol. The number of hydrogen-bond acceptors (Lipinski definition) is 3. The van der Waals surface area contributed by atoms with Crippen LogP contribution in [0.3, 0.4) is 0 Å². The number of amides is 1. The van der Waals surface area contributed by atoms with Crippen molar-refractivity contribution in [2.45, 2.75) is 13.1 Å². The van der Waals surface area contributed by atoms with Gasteiger partial charge in [-0.25, -0.2) is 4.39 Å². The number of anilines is 1. The lowest BCUT2D eigenvalue weighted by Gasteiger charge is -2.10. The van der Waals surface area contributed by atoms with Gasteiger partial charge in [0.2, 0.25) is 0 Å². The van der Waals surface area contributed by atoms with Crippen LogP contribution in [0.1, 0.15) is 21.7 Å². The Labute approximate surface area is 110 Å². The number of hydrogen-bond donors (Lipinski definition) is 1. The van der Waals surface area contributed by atoms with Crippen LogP contribution in [0.2, 0.25) is 0 Å². The maximum atomic E-state index is 13.4. The Morgan fingerprint density at radius 1 is 1.35 bits per heavy atom. The molecule has 1 aromatic carbocycles. The van der Waals surface area contributed by atoms with E-state index in [2.05, 4.69) is 15.0 Å². The lowest BCUT2D eigenvalue weighted by molar-refractivity contribution is -0.137. The molecule has 0 bridgehead atoms. The van der Waals surface area contributed by atoms with Gasteiger partial charge < -0.3 is 9.84 Å². The van der Waals surface area contributed by atoms with Crippen LogP contribution in [0, 0.1) is 12.7 Å². The number of carbonyl (C=O) groups is 1. The van der Waals surface area contributed by atoms with E-state index in [0.717, 1.165) is 6.20 Å². The molecular weight excluding hydrogens is 280 g/mol. The zero-order chi connectivity index (χ0) is 14.9. The molecule has 0 saturated carbocycles. The van der Waals surface area contributed by atoms with E-state index in [4.69, 9.17) is 0 Å². The third-order valence-electron chi connectivity index (χ3n) is 2.54. The highest BCUT2D eigenvalue weighted by molar-refractivity contribution is 6.04. The topological polar surface area (TPSA) is 55.1 Å². The summed E-state index contributed by atoms with van der Waals surface area (Å²) in [6, 6.07) is 1.75. The fraction of sp³-hybridized carbons (Fsp3) is 0.167. The van der Waals surface area contributed by atoms with E-state index < -0.39 is 29.2 Å². The molecule has 2 rings (SSSR count). The standard InChI is InChI=1S/C12H8F4N2O2/c1-6-8(5-17-20-6)11(19)18-10-4-7(12(14,15)16)2-3-9(10)13/h2-5H,1H3,(H,18,19). The number of nitrogens with zero attached hydrogens (tertiary/aromatic N) is 1. The molecule has 8 heteroatoms. The van der Waals surface area contributed by atoms with Crippen molar-refractivity contribution in [3.05, 3.63) is 47.1 Å². The lowest BCUT2D eigenvalue weighted by Crippen LogP contribution is -2.14. The highest BCUT2D eigenvalue weighted by Crippen LogP contribution is 2.31. The van der Waals surface area contributed by atoms with Crippen molar-refractivity contribution in [3.63, 3.8) is 0 Å². The molecule has 0 fully saturated rings. The van der Waals surface area contributed by atoms with Gasteiger partial charge in [0.25, 0.3) is 5.91 Å². The second-order valence-electron chi connectivity index (χ2n) is 3.94. The Balaban J connectivity index is 2.30. The first-order chi connectivity index (χ1) is 9.29. The number of alkyl halides is 3. The number of benzene rings is 1. The van der Waals surface area contributed by atoms with Gasteiger partial charge in [-0.1, -0.05) is 5.16 Å². The quantitative estimate of drug-likeness (QED) is 0.862. The first-order valence-corrected chi connectivity index (χ1v) is 5.38. The van der Waals surface area contributed by atoms with Crippen LogP contribution in [-0.4, -0.2) is 11.1 Å². The van der Waals surface area contributed by atoms with Gasteiger partial charge in [0, 0.05) is 0 Å². The van der Waals surface area contributed by atoms with E-state index in [9.17, 15) is 22.4 Å². The fourth-order valence-electron chi connectivity index (χ4n) is 1.50. The molecule has 106 valence electrons. The molecule has 4 nitrogen and oxygen atoms in total.